The van der Waals surface area contributed by atoms with Crippen molar-refractivity contribution in [3.8, 4) is 0 Å². The Morgan fingerprint density at radius 3 is 2.18 bits per heavy atom. The van der Waals surface area contributed by atoms with Crippen molar-refractivity contribution in [1.82, 2.24) is 0 Å². The van der Waals surface area contributed by atoms with Crippen LogP contribution in [0.3, 0.4) is 0 Å². The van der Waals surface area contributed by atoms with Gasteiger partial charge in [-0.2, -0.15) is 0 Å². The van der Waals surface area contributed by atoms with E-state index in [2.05, 4.69) is 17.5 Å². The van der Waals surface area contributed by atoms with E-state index in [0.717, 1.165) is 10.8 Å². The minimum atomic E-state index is -3.68. The summed E-state index contributed by atoms with van der Waals surface area (Å²) in [7, 11) is 1.77. The maximum atomic E-state index is 11.5. The zero-order valence-electron chi connectivity index (χ0n) is 9.51. The van der Waals surface area contributed by atoms with Crippen LogP contribution in [-0.2, 0) is 9.05 Å². The van der Waals surface area contributed by atoms with Gasteiger partial charge in [0, 0.05) is 0 Å². The minimum absolute atomic E-state index is 0.203. The summed E-state index contributed by atoms with van der Waals surface area (Å²) in [5.74, 6) is 0. The Hall–Kier alpha value is -0.502. The van der Waals surface area contributed by atoms with Gasteiger partial charge in [-0.15, -0.1) is 0 Å². The van der Waals surface area contributed by atoms with Gasteiger partial charge < -0.3 is 0 Å². The number of fused-ring (bicyclic) bond motifs is 1. The van der Waals surface area contributed by atoms with Gasteiger partial charge in [-0.3, -0.25) is 0 Å². The van der Waals surface area contributed by atoms with Gasteiger partial charge in [-0.25, -0.2) is 0 Å². The van der Waals surface area contributed by atoms with Crippen molar-refractivity contribution < 1.29 is 8.42 Å². The van der Waals surface area contributed by atoms with Gasteiger partial charge in [0.2, 0.25) is 0 Å². The summed E-state index contributed by atoms with van der Waals surface area (Å²) in [6.45, 7) is 0. The van der Waals surface area contributed by atoms with Crippen LogP contribution in [0.4, 0.5) is 0 Å². The zero-order valence-corrected chi connectivity index (χ0v) is 13.0. The van der Waals surface area contributed by atoms with Gasteiger partial charge in [0.25, 0.3) is 0 Å². The zero-order chi connectivity index (χ0) is 12.6. The summed E-state index contributed by atoms with van der Waals surface area (Å²) in [6, 6.07) is 11.1. The molecule has 2 aromatic carbocycles. The second-order valence-corrected chi connectivity index (χ2v) is 11.3. The number of halogens is 1. The first kappa shape index (κ1) is 12.9. The predicted octanol–water partition coefficient (Wildman–Crippen LogP) is 2.73. The van der Waals surface area contributed by atoms with Crippen molar-refractivity contribution in [3.05, 3.63) is 36.4 Å². The van der Waals surface area contributed by atoms with Gasteiger partial charge in [0.05, 0.1) is 0 Å². The summed E-state index contributed by atoms with van der Waals surface area (Å²) >= 11 is -1.06. The van der Waals surface area contributed by atoms with E-state index in [0.29, 0.717) is 0 Å². The van der Waals surface area contributed by atoms with Crippen LogP contribution >= 0.6 is 10.7 Å². The molecule has 5 heteroatoms. The molecule has 0 N–H and O–H groups in total. The number of rotatable bonds is 2. The molecule has 17 heavy (non-hydrogen) atoms. The van der Waals surface area contributed by atoms with Gasteiger partial charge in [0.1, 0.15) is 0 Å². The van der Waals surface area contributed by atoms with Crippen molar-refractivity contribution in [1.29, 1.82) is 0 Å². The van der Waals surface area contributed by atoms with Crippen molar-refractivity contribution in [2.75, 3.05) is 0 Å². The topological polar surface area (TPSA) is 34.1 Å². The summed E-state index contributed by atoms with van der Waals surface area (Å²) in [6.07, 6.45) is 0. The van der Waals surface area contributed by atoms with Crippen LogP contribution in [0.1, 0.15) is 0 Å². The number of hydrogen-bond acceptors (Lipinski definition) is 2. The van der Waals surface area contributed by atoms with Crippen molar-refractivity contribution in [2.24, 2.45) is 0 Å². The first-order valence-corrected chi connectivity index (χ1v) is 12.0. The van der Waals surface area contributed by atoms with Crippen LogP contribution in [-0.4, -0.2) is 23.1 Å². The average Bonchev–Trinajstić information content (AvgIpc) is 2.26. The Balaban J connectivity index is 2.89. The third-order valence-electron chi connectivity index (χ3n) is 2.60. The molecule has 0 radical (unpaired) electrons. The van der Waals surface area contributed by atoms with Gasteiger partial charge in [-0.05, 0) is 0 Å². The van der Waals surface area contributed by atoms with Crippen LogP contribution in [0.15, 0.2) is 41.3 Å². The third-order valence-corrected chi connectivity index (χ3v) is 6.82. The SMILES string of the molecule is C[As](C)c1cccc2c(S(=O)(=O)Cl)cccc12. The van der Waals surface area contributed by atoms with Crippen LogP contribution in [0.25, 0.3) is 10.8 Å². The van der Waals surface area contributed by atoms with Crippen molar-refractivity contribution in [2.45, 2.75) is 16.3 Å². The molecule has 0 bridgehead atoms. The number of benzene rings is 2. The Bertz CT molecular complexity index is 665. The molecule has 2 nitrogen and oxygen atoms in total. The van der Waals surface area contributed by atoms with E-state index in [1.807, 2.05) is 18.2 Å². The molecule has 2 rings (SSSR count). The second kappa shape index (κ2) is 4.64. The standard InChI is InChI=1S/C12H12AsClO2S/c1-13(2)11-7-3-6-10-9(11)5-4-8-12(10)17(14,15)16/h3-8H,1-2H3. The van der Waals surface area contributed by atoms with E-state index in [1.54, 1.807) is 12.1 Å². The molecule has 0 heterocycles. The van der Waals surface area contributed by atoms with Crippen LogP contribution in [0.5, 0.6) is 0 Å². The molecule has 0 saturated heterocycles. The summed E-state index contributed by atoms with van der Waals surface area (Å²) < 4.78 is 24.3. The molecule has 0 unspecified atom stereocenters. The predicted molar refractivity (Wildman–Crippen MR) is 74.1 cm³/mol. The summed E-state index contributed by atoms with van der Waals surface area (Å²) in [5, 5.41) is 1.74. The molecule has 0 fully saturated rings. The van der Waals surface area contributed by atoms with E-state index in [4.69, 9.17) is 10.7 Å². The molecule has 0 aliphatic rings. The average molecular weight is 331 g/mol. The normalized spacial score (nSPS) is 12.2. The van der Waals surface area contributed by atoms with E-state index in [1.165, 1.54) is 4.35 Å². The van der Waals surface area contributed by atoms with E-state index in [9.17, 15) is 8.42 Å². The summed E-state index contributed by atoms with van der Waals surface area (Å²) in [4.78, 5) is 0.203. The van der Waals surface area contributed by atoms with Crippen molar-refractivity contribution in [3.63, 3.8) is 0 Å². The molecule has 0 amide bonds. The Morgan fingerprint density at radius 1 is 1.00 bits per heavy atom. The van der Waals surface area contributed by atoms with Crippen LogP contribution in [0, 0.1) is 0 Å². The molecule has 0 aliphatic carbocycles. The number of hydrogen-bond donors (Lipinski definition) is 0. The summed E-state index contributed by atoms with van der Waals surface area (Å²) in [5.41, 5.74) is 4.45. The van der Waals surface area contributed by atoms with Crippen molar-refractivity contribution >= 4 is 49.5 Å². The fraction of sp³-hybridized carbons (Fsp3) is 0.167. The quantitative estimate of drug-likeness (QED) is 0.627. The monoisotopic (exact) mass is 330 g/mol. The van der Waals surface area contributed by atoms with E-state index in [-0.39, 0.29) is 4.90 Å². The third kappa shape index (κ3) is 2.52. The molecule has 0 aromatic heterocycles. The Kier molecular flexibility index (Phi) is 3.53. The fourth-order valence-corrected chi connectivity index (χ4v) is 5.18. The molecule has 2 aromatic rings. The molecule has 0 spiro atoms. The van der Waals surface area contributed by atoms with Gasteiger partial charge in [-0.1, -0.05) is 0 Å². The van der Waals surface area contributed by atoms with E-state index < -0.39 is 23.7 Å². The molecule has 90 valence electrons. The first-order chi connectivity index (χ1) is 7.91. The van der Waals surface area contributed by atoms with Gasteiger partial charge in [0.15, 0.2) is 0 Å². The first-order valence-electron chi connectivity index (χ1n) is 5.05. The molecule has 0 aliphatic heterocycles. The molecular weight excluding hydrogens is 319 g/mol. The van der Waals surface area contributed by atoms with Crippen LogP contribution < -0.4 is 4.35 Å². The van der Waals surface area contributed by atoms with Gasteiger partial charge >= 0.3 is 111 Å². The maximum absolute atomic E-state index is 11.5. The Morgan fingerprint density at radius 2 is 1.59 bits per heavy atom. The van der Waals surface area contributed by atoms with E-state index >= 15 is 0 Å². The molecule has 0 atom stereocenters. The Labute approximate surface area is 110 Å². The fourth-order valence-electron chi connectivity index (χ4n) is 1.87. The second-order valence-electron chi connectivity index (χ2n) is 3.96. The molecular formula is C12H12AsClO2S. The molecule has 0 saturated carbocycles. The van der Waals surface area contributed by atoms with Crippen LogP contribution in [0.2, 0.25) is 11.4 Å².